The van der Waals surface area contributed by atoms with Crippen LogP contribution in [-0.2, 0) is 9.47 Å². The molecule has 0 aliphatic carbocycles. The second kappa shape index (κ2) is 5.51. The molecular weight excluding hydrogens is 154 g/mol. The van der Waals surface area contributed by atoms with Crippen molar-refractivity contribution < 1.29 is 9.47 Å². The van der Waals surface area contributed by atoms with E-state index in [2.05, 4.69) is 6.92 Å². The SMILES string of the molecule is CCC(C)(CN)OC(C)COC. The topological polar surface area (TPSA) is 44.5 Å². The molecule has 0 aliphatic rings. The van der Waals surface area contributed by atoms with Gasteiger partial charge < -0.3 is 15.2 Å². The summed E-state index contributed by atoms with van der Waals surface area (Å²) in [6.45, 7) is 7.27. The summed E-state index contributed by atoms with van der Waals surface area (Å²) >= 11 is 0. The first-order valence-corrected chi connectivity index (χ1v) is 4.44. The third kappa shape index (κ3) is 4.04. The highest BCUT2D eigenvalue weighted by atomic mass is 16.5. The number of nitrogens with two attached hydrogens (primary N) is 1. The molecule has 2 N–H and O–H groups in total. The Morgan fingerprint density at radius 2 is 2.08 bits per heavy atom. The zero-order valence-corrected chi connectivity index (χ0v) is 8.59. The summed E-state index contributed by atoms with van der Waals surface area (Å²) in [5.41, 5.74) is 5.40. The molecule has 2 unspecified atom stereocenters. The maximum atomic E-state index is 5.73. The van der Waals surface area contributed by atoms with Crippen molar-refractivity contribution in [2.45, 2.75) is 38.9 Å². The van der Waals surface area contributed by atoms with Gasteiger partial charge in [0.1, 0.15) is 0 Å². The van der Waals surface area contributed by atoms with Crippen molar-refractivity contribution in [3.8, 4) is 0 Å². The monoisotopic (exact) mass is 175 g/mol. The molecule has 0 radical (unpaired) electrons. The molecule has 0 heterocycles. The fraction of sp³-hybridized carbons (Fsp3) is 1.00. The van der Waals surface area contributed by atoms with Gasteiger partial charge in [-0.1, -0.05) is 6.92 Å². The zero-order valence-electron chi connectivity index (χ0n) is 8.59. The third-order valence-corrected chi connectivity index (χ3v) is 2.07. The van der Waals surface area contributed by atoms with Gasteiger partial charge in [-0.3, -0.25) is 0 Å². The molecule has 0 amide bonds. The molecule has 0 aliphatic heterocycles. The maximum Gasteiger partial charge on any atom is 0.0788 e. The lowest BCUT2D eigenvalue weighted by Crippen LogP contribution is -2.40. The zero-order chi connectivity index (χ0) is 9.61. The van der Waals surface area contributed by atoms with Gasteiger partial charge in [0.25, 0.3) is 0 Å². The fourth-order valence-corrected chi connectivity index (χ4v) is 1.03. The Bertz CT molecular complexity index is 113. The van der Waals surface area contributed by atoms with Crippen molar-refractivity contribution in [1.29, 1.82) is 0 Å². The Kier molecular flexibility index (Phi) is 5.46. The predicted octanol–water partition coefficient (Wildman–Crippen LogP) is 1.17. The van der Waals surface area contributed by atoms with E-state index in [1.165, 1.54) is 0 Å². The molecule has 0 saturated carbocycles. The minimum absolute atomic E-state index is 0.114. The summed E-state index contributed by atoms with van der Waals surface area (Å²) in [4.78, 5) is 0. The van der Waals surface area contributed by atoms with Gasteiger partial charge in [-0.2, -0.15) is 0 Å². The molecule has 0 rings (SSSR count). The summed E-state index contributed by atoms with van der Waals surface area (Å²) in [6.07, 6.45) is 1.04. The van der Waals surface area contributed by atoms with Gasteiger partial charge in [0.2, 0.25) is 0 Å². The van der Waals surface area contributed by atoms with Crippen LogP contribution in [0, 0.1) is 0 Å². The van der Waals surface area contributed by atoms with Crippen molar-refractivity contribution in [2.24, 2.45) is 5.73 Å². The average Bonchev–Trinajstić information content (AvgIpc) is 2.05. The first-order chi connectivity index (χ1) is 5.58. The van der Waals surface area contributed by atoms with Crippen LogP contribution in [0.15, 0.2) is 0 Å². The molecule has 2 atom stereocenters. The quantitative estimate of drug-likeness (QED) is 0.659. The Morgan fingerprint density at radius 3 is 2.42 bits per heavy atom. The highest BCUT2D eigenvalue weighted by molar-refractivity contribution is 4.75. The Balaban J connectivity index is 3.84. The summed E-state index contributed by atoms with van der Waals surface area (Å²) in [5, 5.41) is 0. The van der Waals surface area contributed by atoms with Crippen LogP contribution in [0.1, 0.15) is 27.2 Å². The van der Waals surface area contributed by atoms with Crippen LogP contribution in [0.4, 0.5) is 0 Å². The van der Waals surface area contributed by atoms with Gasteiger partial charge in [-0.05, 0) is 20.3 Å². The van der Waals surface area contributed by atoms with Gasteiger partial charge >= 0.3 is 0 Å². The van der Waals surface area contributed by atoms with E-state index in [4.69, 9.17) is 15.2 Å². The number of hydrogen-bond acceptors (Lipinski definition) is 3. The van der Waals surface area contributed by atoms with Crippen LogP contribution in [0.5, 0.6) is 0 Å². The normalized spacial score (nSPS) is 18.8. The highest BCUT2D eigenvalue weighted by Gasteiger charge is 2.23. The molecule has 12 heavy (non-hydrogen) atoms. The lowest BCUT2D eigenvalue weighted by molar-refractivity contribution is -0.0939. The lowest BCUT2D eigenvalue weighted by Gasteiger charge is -2.30. The summed E-state index contributed by atoms with van der Waals surface area (Å²) < 4.78 is 10.7. The second-order valence-electron chi connectivity index (χ2n) is 3.39. The number of rotatable bonds is 6. The van der Waals surface area contributed by atoms with Crippen LogP contribution in [-0.4, -0.2) is 32.0 Å². The van der Waals surface area contributed by atoms with Crippen molar-refractivity contribution in [1.82, 2.24) is 0 Å². The summed E-state index contributed by atoms with van der Waals surface area (Å²) in [5.74, 6) is 0. The average molecular weight is 175 g/mol. The highest BCUT2D eigenvalue weighted by Crippen LogP contribution is 2.15. The van der Waals surface area contributed by atoms with Gasteiger partial charge in [-0.15, -0.1) is 0 Å². The van der Waals surface area contributed by atoms with Crippen molar-refractivity contribution >= 4 is 0 Å². The van der Waals surface area contributed by atoms with Gasteiger partial charge in [0, 0.05) is 13.7 Å². The summed E-state index contributed by atoms with van der Waals surface area (Å²) in [7, 11) is 1.67. The smallest absolute Gasteiger partial charge is 0.0788 e. The standard InChI is InChI=1S/C9H21NO2/c1-5-9(3,7-10)12-8(2)6-11-4/h8H,5-7,10H2,1-4H3. The van der Waals surface area contributed by atoms with Gasteiger partial charge in [0.15, 0.2) is 0 Å². The van der Waals surface area contributed by atoms with Gasteiger partial charge in [0.05, 0.1) is 18.3 Å². The minimum atomic E-state index is -0.196. The van der Waals surface area contributed by atoms with Crippen molar-refractivity contribution in [3.05, 3.63) is 0 Å². The van der Waals surface area contributed by atoms with E-state index in [9.17, 15) is 0 Å². The molecule has 0 spiro atoms. The lowest BCUT2D eigenvalue weighted by atomic mass is 10.0. The maximum absolute atomic E-state index is 5.73. The third-order valence-electron chi connectivity index (χ3n) is 2.07. The van der Waals surface area contributed by atoms with E-state index in [0.29, 0.717) is 13.2 Å². The number of hydrogen-bond donors (Lipinski definition) is 1. The molecule has 3 heteroatoms. The van der Waals surface area contributed by atoms with Crippen molar-refractivity contribution in [3.63, 3.8) is 0 Å². The predicted molar refractivity (Wildman–Crippen MR) is 50.2 cm³/mol. The van der Waals surface area contributed by atoms with E-state index in [0.717, 1.165) is 6.42 Å². The van der Waals surface area contributed by atoms with Crippen molar-refractivity contribution in [2.75, 3.05) is 20.3 Å². The molecule has 3 nitrogen and oxygen atoms in total. The second-order valence-corrected chi connectivity index (χ2v) is 3.39. The molecule has 0 aromatic carbocycles. The molecule has 0 saturated heterocycles. The molecule has 0 bridgehead atoms. The largest absolute Gasteiger partial charge is 0.382 e. The van der Waals surface area contributed by atoms with Crippen LogP contribution >= 0.6 is 0 Å². The Morgan fingerprint density at radius 1 is 1.50 bits per heavy atom. The van der Waals surface area contributed by atoms with E-state index in [-0.39, 0.29) is 11.7 Å². The van der Waals surface area contributed by atoms with E-state index >= 15 is 0 Å². The molecule has 0 aromatic heterocycles. The molecule has 74 valence electrons. The molecular formula is C9H21NO2. The van der Waals surface area contributed by atoms with E-state index < -0.39 is 0 Å². The minimum Gasteiger partial charge on any atom is -0.382 e. The summed E-state index contributed by atoms with van der Waals surface area (Å²) in [6, 6.07) is 0. The van der Waals surface area contributed by atoms with E-state index in [1.807, 2.05) is 13.8 Å². The van der Waals surface area contributed by atoms with Crippen LogP contribution in [0.25, 0.3) is 0 Å². The molecule has 0 fully saturated rings. The Hall–Kier alpha value is -0.120. The fourth-order valence-electron chi connectivity index (χ4n) is 1.03. The van der Waals surface area contributed by atoms with E-state index in [1.54, 1.807) is 7.11 Å². The van der Waals surface area contributed by atoms with Crippen LogP contribution in [0.2, 0.25) is 0 Å². The number of ether oxygens (including phenoxy) is 2. The van der Waals surface area contributed by atoms with Gasteiger partial charge in [-0.25, -0.2) is 0 Å². The van der Waals surface area contributed by atoms with Crippen LogP contribution < -0.4 is 5.73 Å². The van der Waals surface area contributed by atoms with Crippen LogP contribution in [0.3, 0.4) is 0 Å². The first kappa shape index (κ1) is 11.9. The first-order valence-electron chi connectivity index (χ1n) is 4.44. The Labute approximate surface area is 75.2 Å². The molecule has 0 aromatic rings. The number of methoxy groups -OCH3 is 1.